The Kier molecular flexibility index (Phi) is 5.38. The molecule has 0 bridgehead atoms. The first-order chi connectivity index (χ1) is 12.1. The van der Waals surface area contributed by atoms with Crippen LogP contribution >= 0.6 is 0 Å². The molecule has 2 N–H and O–H groups in total. The van der Waals surface area contributed by atoms with Gasteiger partial charge in [0, 0.05) is 23.8 Å². The summed E-state index contributed by atoms with van der Waals surface area (Å²) in [5.74, 6) is 0.743. The summed E-state index contributed by atoms with van der Waals surface area (Å²) in [6, 6.07) is 10.5. The molecule has 0 saturated carbocycles. The maximum Gasteiger partial charge on any atom is 0.319 e. The number of furan rings is 1. The lowest BCUT2D eigenvalue weighted by Gasteiger charge is -2.33. The van der Waals surface area contributed by atoms with Crippen molar-refractivity contribution < 1.29 is 14.0 Å². The van der Waals surface area contributed by atoms with Gasteiger partial charge in [-0.3, -0.25) is 4.79 Å². The minimum Gasteiger partial charge on any atom is -0.467 e. The van der Waals surface area contributed by atoms with Gasteiger partial charge in [-0.05, 0) is 62.6 Å². The Balaban J connectivity index is 1.54. The molecule has 1 aliphatic rings. The molecule has 0 aliphatic carbocycles. The van der Waals surface area contributed by atoms with Gasteiger partial charge in [0.15, 0.2) is 0 Å². The molecule has 1 aromatic carbocycles. The van der Waals surface area contributed by atoms with Crippen LogP contribution in [0.1, 0.15) is 42.3 Å². The van der Waals surface area contributed by atoms with Crippen molar-refractivity contribution in [1.29, 1.82) is 0 Å². The van der Waals surface area contributed by atoms with E-state index in [0.29, 0.717) is 23.6 Å². The molecule has 1 fully saturated rings. The predicted molar refractivity (Wildman–Crippen MR) is 95.4 cm³/mol. The van der Waals surface area contributed by atoms with Crippen molar-refractivity contribution in [2.24, 2.45) is 0 Å². The molecule has 6 heteroatoms. The second-order valence-corrected chi connectivity index (χ2v) is 6.31. The number of likely N-dealkylation sites (tertiary alicyclic amines) is 1. The third kappa shape index (κ3) is 4.41. The van der Waals surface area contributed by atoms with Crippen LogP contribution in [0.4, 0.5) is 10.5 Å². The fraction of sp³-hybridized carbons (Fsp3) is 0.368. The van der Waals surface area contributed by atoms with E-state index in [9.17, 15) is 9.59 Å². The molecule has 2 heterocycles. The number of carbonyl (C=O) groups excluding carboxylic acids is 2. The molecule has 1 atom stereocenters. The summed E-state index contributed by atoms with van der Waals surface area (Å²) in [6.45, 7) is 3.23. The molecule has 3 rings (SSSR count). The van der Waals surface area contributed by atoms with Crippen LogP contribution in [0.5, 0.6) is 0 Å². The minimum atomic E-state index is -0.319. The molecule has 2 aromatic rings. The second-order valence-electron chi connectivity index (χ2n) is 6.31. The number of amides is 3. The number of nitrogens with one attached hydrogen (secondary N) is 2. The van der Waals surface area contributed by atoms with Gasteiger partial charge in [-0.25, -0.2) is 4.79 Å². The van der Waals surface area contributed by atoms with Crippen molar-refractivity contribution in [3.63, 3.8) is 0 Å². The maximum absolute atomic E-state index is 12.6. The fourth-order valence-electron chi connectivity index (χ4n) is 3.02. The largest absolute Gasteiger partial charge is 0.467 e. The number of benzene rings is 1. The van der Waals surface area contributed by atoms with Gasteiger partial charge in [-0.2, -0.15) is 0 Å². The van der Waals surface area contributed by atoms with Crippen LogP contribution in [0, 0.1) is 0 Å². The van der Waals surface area contributed by atoms with E-state index in [4.69, 9.17) is 4.42 Å². The molecule has 1 aromatic heterocycles. The van der Waals surface area contributed by atoms with Gasteiger partial charge in [0.1, 0.15) is 5.76 Å². The Morgan fingerprint density at radius 1 is 1.20 bits per heavy atom. The van der Waals surface area contributed by atoms with Crippen LogP contribution < -0.4 is 10.6 Å². The van der Waals surface area contributed by atoms with Crippen molar-refractivity contribution in [2.45, 2.75) is 38.8 Å². The van der Waals surface area contributed by atoms with E-state index in [1.807, 2.05) is 4.90 Å². The lowest BCUT2D eigenvalue weighted by Crippen LogP contribution is -2.42. The van der Waals surface area contributed by atoms with E-state index in [1.54, 1.807) is 42.7 Å². The second kappa shape index (κ2) is 7.88. The number of anilines is 1. The number of hydrogen-bond donors (Lipinski definition) is 2. The van der Waals surface area contributed by atoms with Crippen molar-refractivity contribution in [2.75, 3.05) is 11.9 Å². The zero-order valence-electron chi connectivity index (χ0n) is 14.3. The first-order valence-electron chi connectivity index (χ1n) is 8.62. The Morgan fingerprint density at radius 2 is 2.00 bits per heavy atom. The normalized spacial score (nSPS) is 17.2. The molecule has 1 aliphatic heterocycles. The highest BCUT2D eigenvalue weighted by Crippen LogP contribution is 2.20. The van der Waals surface area contributed by atoms with Crippen molar-refractivity contribution in [3.8, 4) is 0 Å². The lowest BCUT2D eigenvalue weighted by molar-refractivity contribution is 0.0635. The molecule has 132 valence electrons. The summed E-state index contributed by atoms with van der Waals surface area (Å²) in [5.41, 5.74) is 1.29. The summed E-state index contributed by atoms with van der Waals surface area (Å²) in [6.07, 6.45) is 4.86. The van der Waals surface area contributed by atoms with Crippen molar-refractivity contribution >= 4 is 17.6 Å². The quantitative estimate of drug-likeness (QED) is 0.892. The number of hydrogen-bond acceptors (Lipinski definition) is 3. The van der Waals surface area contributed by atoms with Gasteiger partial charge in [-0.15, -0.1) is 0 Å². The van der Waals surface area contributed by atoms with E-state index in [2.05, 4.69) is 17.6 Å². The highest BCUT2D eigenvalue weighted by Gasteiger charge is 2.24. The summed E-state index contributed by atoms with van der Waals surface area (Å²) in [4.78, 5) is 26.4. The van der Waals surface area contributed by atoms with Gasteiger partial charge in [0.2, 0.25) is 0 Å². The van der Waals surface area contributed by atoms with E-state index in [-0.39, 0.29) is 18.0 Å². The van der Waals surface area contributed by atoms with Crippen LogP contribution in [0.15, 0.2) is 47.1 Å². The van der Waals surface area contributed by atoms with Crippen LogP contribution in [-0.4, -0.2) is 29.4 Å². The van der Waals surface area contributed by atoms with Crippen LogP contribution in [0.2, 0.25) is 0 Å². The first kappa shape index (κ1) is 17.1. The highest BCUT2D eigenvalue weighted by molar-refractivity contribution is 5.95. The standard InChI is InChI=1S/C19H23N3O3/c1-14-5-2-3-11-22(14)18(23)15-7-9-16(10-8-15)21-19(24)20-13-17-6-4-12-25-17/h4,6-10,12,14H,2-3,5,11,13H2,1H3,(H2,20,21,24). The Bertz CT molecular complexity index is 710. The van der Waals surface area contributed by atoms with E-state index < -0.39 is 0 Å². The third-order valence-electron chi connectivity index (χ3n) is 4.46. The highest BCUT2D eigenvalue weighted by atomic mass is 16.3. The number of carbonyl (C=O) groups is 2. The zero-order valence-corrected chi connectivity index (χ0v) is 14.3. The van der Waals surface area contributed by atoms with E-state index >= 15 is 0 Å². The number of rotatable bonds is 4. The Morgan fingerprint density at radius 3 is 2.68 bits per heavy atom. The fourth-order valence-corrected chi connectivity index (χ4v) is 3.02. The topological polar surface area (TPSA) is 74.6 Å². The van der Waals surface area contributed by atoms with Gasteiger partial charge in [-0.1, -0.05) is 0 Å². The minimum absolute atomic E-state index is 0.0565. The molecule has 6 nitrogen and oxygen atoms in total. The van der Waals surface area contributed by atoms with Gasteiger partial charge in [0.05, 0.1) is 12.8 Å². The summed E-state index contributed by atoms with van der Waals surface area (Å²) < 4.78 is 5.16. The van der Waals surface area contributed by atoms with Crippen LogP contribution in [-0.2, 0) is 6.54 Å². The monoisotopic (exact) mass is 341 g/mol. The molecule has 25 heavy (non-hydrogen) atoms. The van der Waals surface area contributed by atoms with E-state index in [0.717, 1.165) is 19.4 Å². The molecule has 0 radical (unpaired) electrons. The van der Waals surface area contributed by atoms with Crippen LogP contribution in [0.3, 0.4) is 0 Å². The average molecular weight is 341 g/mol. The summed E-state index contributed by atoms with van der Waals surface area (Å²) in [5, 5.41) is 5.45. The Hall–Kier alpha value is -2.76. The van der Waals surface area contributed by atoms with Crippen molar-refractivity contribution in [3.05, 3.63) is 54.0 Å². The molecule has 1 unspecified atom stereocenters. The molecule has 0 spiro atoms. The first-order valence-corrected chi connectivity index (χ1v) is 8.62. The van der Waals surface area contributed by atoms with Gasteiger partial charge < -0.3 is 20.0 Å². The number of urea groups is 1. The smallest absolute Gasteiger partial charge is 0.319 e. The number of piperidine rings is 1. The molecule has 3 amide bonds. The summed E-state index contributed by atoms with van der Waals surface area (Å²) >= 11 is 0. The van der Waals surface area contributed by atoms with Gasteiger partial charge in [0.25, 0.3) is 5.91 Å². The molecule has 1 saturated heterocycles. The number of nitrogens with zero attached hydrogens (tertiary/aromatic N) is 1. The average Bonchev–Trinajstić information content (AvgIpc) is 3.14. The SMILES string of the molecule is CC1CCCCN1C(=O)c1ccc(NC(=O)NCc2ccco2)cc1. The predicted octanol–water partition coefficient (Wildman–Crippen LogP) is 3.62. The molecular formula is C19H23N3O3. The Labute approximate surface area is 147 Å². The lowest BCUT2D eigenvalue weighted by atomic mass is 10.0. The van der Waals surface area contributed by atoms with E-state index in [1.165, 1.54) is 6.42 Å². The van der Waals surface area contributed by atoms with Crippen molar-refractivity contribution in [1.82, 2.24) is 10.2 Å². The maximum atomic E-state index is 12.6. The van der Waals surface area contributed by atoms with Gasteiger partial charge >= 0.3 is 6.03 Å². The molecular weight excluding hydrogens is 318 g/mol. The third-order valence-corrected chi connectivity index (χ3v) is 4.46. The zero-order chi connectivity index (χ0) is 17.6. The summed E-state index contributed by atoms with van der Waals surface area (Å²) in [7, 11) is 0. The van der Waals surface area contributed by atoms with Crippen LogP contribution in [0.25, 0.3) is 0 Å².